The highest BCUT2D eigenvalue weighted by molar-refractivity contribution is 7.10. The summed E-state index contributed by atoms with van der Waals surface area (Å²) in [6.07, 6.45) is 2.01. The van der Waals surface area contributed by atoms with Gasteiger partial charge in [0.2, 0.25) is 0 Å². The number of hydrogen-bond donors (Lipinski definition) is 0. The number of fused-ring (bicyclic) bond motifs is 2. The highest BCUT2D eigenvalue weighted by atomic mass is 32.1. The third-order valence-electron chi connectivity index (χ3n) is 6.45. The summed E-state index contributed by atoms with van der Waals surface area (Å²) in [4.78, 5) is 19.3. The molecule has 2 aliphatic heterocycles. The number of hydrogen-bond acceptors (Lipinski definition) is 5. The molecule has 174 valence electrons. The Morgan fingerprint density at radius 1 is 1.15 bits per heavy atom. The van der Waals surface area contributed by atoms with Crippen molar-refractivity contribution < 1.29 is 9.53 Å². The third-order valence-corrected chi connectivity index (χ3v) is 7.47. The highest BCUT2D eigenvalue weighted by Gasteiger charge is 2.25. The van der Waals surface area contributed by atoms with Crippen LogP contribution in [0.5, 0.6) is 5.75 Å². The van der Waals surface area contributed by atoms with Gasteiger partial charge in [-0.3, -0.25) is 14.4 Å². The maximum absolute atomic E-state index is 13.4. The van der Waals surface area contributed by atoms with Crippen molar-refractivity contribution in [2.24, 2.45) is 13.0 Å². The van der Waals surface area contributed by atoms with E-state index in [1.54, 1.807) is 4.68 Å². The minimum absolute atomic E-state index is 0.0166. The maximum Gasteiger partial charge on any atom is 0.272 e. The molecule has 1 amide bonds. The number of carbonyl (C=O) groups excluding carboxylic acids is 1. The van der Waals surface area contributed by atoms with Crippen LogP contribution in [-0.4, -0.2) is 45.2 Å². The lowest BCUT2D eigenvalue weighted by molar-refractivity contribution is 0.0722. The van der Waals surface area contributed by atoms with Crippen LogP contribution >= 0.6 is 11.3 Å². The van der Waals surface area contributed by atoms with Crippen LogP contribution in [0.4, 0.5) is 0 Å². The van der Waals surface area contributed by atoms with Gasteiger partial charge in [-0.15, -0.1) is 11.3 Å². The number of aryl methyl sites for hydroxylation is 1. The average molecular weight is 465 g/mol. The molecule has 0 unspecified atom stereocenters. The Labute approximate surface area is 199 Å². The summed E-state index contributed by atoms with van der Waals surface area (Å²) < 4.78 is 7.73. The van der Waals surface area contributed by atoms with Crippen LogP contribution in [0.15, 0.2) is 35.7 Å². The first-order valence-electron chi connectivity index (χ1n) is 11.8. The molecule has 0 N–H and O–H groups in total. The molecule has 6 nitrogen and oxygen atoms in total. The van der Waals surface area contributed by atoms with Crippen LogP contribution in [0.1, 0.15) is 51.6 Å². The number of aromatic nitrogens is 2. The molecule has 5 rings (SSSR count). The Hall–Kier alpha value is -2.64. The highest BCUT2D eigenvalue weighted by Crippen LogP contribution is 2.28. The van der Waals surface area contributed by atoms with Crippen molar-refractivity contribution >= 4 is 17.2 Å². The van der Waals surface area contributed by atoms with Gasteiger partial charge in [0.25, 0.3) is 5.91 Å². The number of nitrogens with zero attached hydrogens (tertiary/aromatic N) is 4. The van der Waals surface area contributed by atoms with E-state index in [4.69, 9.17) is 4.74 Å². The summed E-state index contributed by atoms with van der Waals surface area (Å²) in [5.74, 6) is 1.41. The monoisotopic (exact) mass is 464 g/mol. The summed E-state index contributed by atoms with van der Waals surface area (Å²) in [5.41, 5.74) is 5.43. The molecule has 1 aromatic carbocycles. The Morgan fingerprint density at radius 2 is 2.03 bits per heavy atom. The zero-order valence-corrected chi connectivity index (χ0v) is 20.5. The van der Waals surface area contributed by atoms with Crippen molar-refractivity contribution in [3.63, 3.8) is 0 Å². The fourth-order valence-electron chi connectivity index (χ4n) is 4.83. The van der Waals surface area contributed by atoms with Gasteiger partial charge in [0, 0.05) is 43.7 Å². The van der Waals surface area contributed by atoms with Gasteiger partial charge in [-0.25, -0.2) is 0 Å². The second-order valence-electron chi connectivity index (χ2n) is 9.59. The molecular formula is C26H32N4O2S. The summed E-state index contributed by atoms with van der Waals surface area (Å²) in [6.45, 7) is 8.97. The van der Waals surface area contributed by atoms with E-state index in [9.17, 15) is 4.79 Å². The normalized spacial score (nSPS) is 16.3. The third kappa shape index (κ3) is 4.84. The summed E-state index contributed by atoms with van der Waals surface area (Å²) in [6, 6.07) is 10.7. The predicted octanol–water partition coefficient (Wildman–Crippen LogP) is 4.27. The van der Waals surface area contributed by atoms with Gasteiger partial charge in [-0.1, -0.05) is 19.9 Å². The van der Waals surface area contributed by atoms with Crippen LogP contribution in [0.2, 0.25) is 0 Å². The molecule has 33 heavy (non-hydrogen) atoms. The van der Waals surface area contributed by atoms with E-state index < -0.39 is 0 Å². The first-order valence-corrected chi connectivity index (χ1v) is 12.7. The molecule has 3 aromatic rings. The number of thiophene rings is 1. The smallest absolute Gasteiger partial charge is 0.272 e. The fraction of sp³-hybridized carbons (Fsp3) is 0.462. The lowest BCUT2D eigenvalue weighted by Crippen LogP contribution is -2.33. The zero-order valence-electron chi connectivity index (χ0n) is 19.7. The number of benzene rings is 1. The Balaban J connectivity index is 1.31. The second-order valence-corrected chi connectivity index (χ2v) is 10.6. The topological polar surface area (TPSA) is 50.6 Å². The van der Waals surface area contributed by atoms with Crippen LogP contribution < -0.4 is 4.74 Å². The molecule has 0 atom stereocenters. The second kappa shape index (κ2) is 9.31. The van der Waals surface area contributed by atoms with E-state index in [1.165, 1.54) is 16.0 Å². The van der Waals surface area contributed by atoms with Crippen LogP contribution in [-0.2, 0) is 39.5 Å². The molecule has 2 aromatic heterocycles. The van der Waals surface area contributed by atoms with E-state index in [1.807, 2.05) is 29.4 Å². The lowest BCUT2D eigenvalue weighted by atomic mass is 10.1. The molecule has 0 saturated heterocycles. The largest absolute Gasteiger partial charge is 0.491 e. The molecule has 0 fully saturated rings. The summed E-state index contributed by atoms with van der Waals surface area (Å²) >= 11 is 1.87. The van der Waals surface area contributed by atoms with Gasteiger partial charge in [0.1, 0.15) is 18.1 Å². The van der Waals surface area contributed by atoms with Crippen LogP contribution in [0.3, 0.4) is 0 Å². The Kier molecular flexibility index (Phi) is 6.25. The molecule has 0 saturated carbocycles. The summed E-state index contributed by atoms with van der Waals surface area (Å²) in [7, 11) is 1.86. The SMILES string of the molecule is CC(C)Cc1cc(C(=O)N2CCOc3ccc(CN4CCc5sccc5C4)cc3C2)n(C)n1. The van der Waals surface area contributed by atoms with Gasteiger partial charge < -0.3 is 9.64 Å². The van der Waals surface area contributed by atoms with Crippen LogP contribution in [0, 0.1) is 5.92 Å². The van der Waals surface area contributed by atoms with Gasteiger partial charge in [-0.2, -0.15) is 5.10 Å². The van der Waals surface area contributed by atoms with E-state index in [2.05, 4.69) is 53.5 Å². The van der Waals surface area contributed by atoms with E-state index in [-0.39, 0.29) is 5.91 Å². The lowest BCUT2D eigenvalue weighted by Gasteiger charge is -2.27. The molecular weight excluding hydrogens is 432 g/mol. The van der Waals surface area contributed by atoms with Crippen LogP contribution in [0.25, 0.3) is 0 Å². The van der Waals surface area contributed by atoms with Gasteiger partial charge in [0.05, 0.1) is 12.2 Å². The van der Waals surface area contributed by atoms with Crippen molar-refractivity contribution in [2.45, 2.75) is 46.3 Å². The zero-order chi connectivity index (χ0) is 22.9. The predicted molar refractivity (Wildman–Crippen MR) is 131 cm³/mol. The van der Waals surface area contributed by atoms with E-state index in [0.29, 0.717) is 31.3 Å². The first-order chi connectivity index (χ1) is 16.0. The van der Waals surface area contributed by atoms with Gasteiger partial charge in [-0.05, 0) is 59.5 Å². The quantitative estimate of drug-likeness (QED) is 0.566. The number of rotatable bonds is 5. The average Bonchev–Trinajstić information content (AvgIpc) is 3.32. The van der Waals surface area contributed by atoms with Gasteiger partial charge >= 0.3 is 0 Å². The van der Waals surface area contributed by atoms with E-state index >= 15 is 0 Å². The maximum atomic E-state index is 13.4. The standard InChI is InChI=1S/C26H32N4O2S/c1-18(2)12-22-14-23(28(3)27-22)26(31)30-9-10-32-24-5-4-19(13-21(24)17-30)15-29-8-6-25-20(16-29)7-11-33-25/h4-5,7,11,13-14,18H,6,8-10,12,15-17H2,1-3H3. The van der Waals surface area contributed by atoms with Crippen molar-refractivity contribution in [2.75, 3.05) is 19.7 Å². The Morgan fingerprint density at radius 3 is 2.88 bits per heavy atom. The number of carbonyl (C=O) groups is 1. The molecule has 0 radical (unpaired) electrons. The van der Waals surface area contributed by atoms with Crippen molar-refractivity contribution in [1.82, 2.24) is 19.6 Å². The number of amides is 1. The first kappa shape index (κ1) is 22.2. The van der Waals surface area contributed by atoms with Crippen molar-refractivity contribution in [1.29, 1.82) is 0 Å². The number of ether oxygens (including phenoxy) is 1. The molecule has 4 heterocycles. The molecule has 7 heteroatoms. The molecule has 2 aliphatic rings. The Bertz CT molecular complexity index is 1150. The van der Waals surface area contributed by atoms with E-state index in [0.717, 1.165) is 49.5 Å². The summed E-state index contributed by atoms with van der Waals surface area (Å²) in [5, 5.41) is 6.76. The molecule has 0 spiro atoms. The molecule has 0 aliphatic carbocycles. The van der Waals surface area contributed by atoms with Gasteiger partial charge in [0.15, 0.2) is 0 Å². The fourth-order valence-corrected chi connectivity index (χ4v) is 5.72. The van der Waals surface area contributed by atoms with Crippen molar-refractivity contribution in [3.8, 4) is 5.75 Å². The molecule has 0 bridgehead atoms. The minimum atomic E-state index is 0.0166. The minimum Gasteiger partial charge on any atom is -0.491 e. The van der Waals surface area contributed by atoms with Crippen molar-refractivity contribution in [3.05, 3.63) is 68.7 Å².